The topological polar surface area (TPSA) is 60.2 Å². The van der Waals surface area contributed by atoms with Gasteiger partial charge in [0.05, 0.1) is 24.4 Å². The standard InChI is InChI=1S/C22H20FN3OS/c1-2-18-13-28-22(25-18)26-19(11-24)21(20(26)12-27)16-5-3-14(4-6-16)15-7-9-17(23)10-8-15/h3-10,13,19-21,27H,2,12H2,1H3/t19-,20-,21-/m0/s1. The van der Waals surface area contributed by atoms with Gasteiger partial charge in [0.2, 0.25) is 0 Å². The van der Waals surface area contributed by atoms with Crippen molar-refractivity contribution in [1.82, 2.24) is 4.98 Å². The first-order chi connectivity index (χ1) is 13.7. The number of aromatic nitrogens is 1. The molecule has 2 aromatic carbocycles. The summed E-state index contributed by atoms with van der Waals surface area (Å²) >= 11 is 1.52. The van der Waals surface area contributed by atoms with Gasteiger partial charge < -0.3 is 10.0 Å². The quantitative estimate of drug-likeness (QED) is 0.699. The van der Waals surface area contributed by atoms with Crippen LogP contribution in [0, 0.1) is 17.1 Å². The third-order valence-corrected chi connectivity index (χ3v) is 6.23. The van der Waals surface area contributed by atoms with Gasteiger partial charge in [0.15, 0.2) is 5.13 Å². The molecule has 1 aliphatic rings. The van der Waals surface area contributed by atoms with Gasteiger partial charge in [-0.25, -0.2) is 9.37 Å². The van der Waals surface area contributed by atoms with E-state index in [1.165, 1.54) is 23.5 Å². The van der Waals surface area contributed by atoms with Crippen LogP contribution in [0.4, 0.5) is 9.52 Å². The highest BCUT2D eigenvalue weighted by atomic mass is 32.1. The molecule has 0 saturated carbocycles. The zero-order chi connectivity index (χ0) is 19.7. The second kappa shape index (κ2) is 7.70. The van der Waals surface area contributed by atoms with Gasteiger partial charge in [-0.15, -0.1) is 11.3 Å². The Hall–Kier alpha value is -2.75. The van der Waals surface area contributed by atoms with E-state index in [9.17, 15) is 14.8 Å². The van der Waals surface area contributed by atoms with Crippen molar-refractivity contribution >= 4 is 16.5 Å². The number of anilines is 1. The van der Waals surface area contributed by atoms with Crippen molar-refractivity contribution in [2.75, 3.05) is 11.5 Å². The Morgan fingerprint density at radius 3 is 2.32 bits per heavy atom. The van der Waals surface area contributed by atoms with Crippen molar-refractivity contribution in [3.8, 4) is 17.2 Å². The predicted octanol–water partition coefficient (Wildman–Crippen LogP) is 4.37. The molecule has 0 spiro atoms. The van der Waals surface area contributed by atoms with Gasteiger partial charge in [-0.2, -0.15) is 5.26 Å². The van der Waals surface area contributed by atoms with E-state index in [2.05, 4.69) is 11.1 Å². The average Bonchev–Trinajstić information content (AvgIpc) is 3.17. The van der Waals surface area contributed by atoms with E-state index >= 15 is 0 Å². The third kappa shape index (κ3) is 3.17. The molecule has 1 fully saturated rings. The number of hydrogen-bond acceptors (Lipinski definition) is 5. The zero-order valence-electron chi connectivity index (χ0n) is 15.4. The molecule has 4 rings (SSSR count). The smallest absolute Gasteiger partial charge is 0.186 e. The summed E-state index contributed by atoms with van der Waals surface area (Å²) in [5.41, 5.74) is 3.94. The second-order valence-electron chi connectivity index (χ2n) is 6.86. The fraction of sp³-hybridized carbons (Fsp3) is 0.273. The van der Waals surface area contributed by atoms with E-state index < -0.39 is 0 Å². The largest absolute Gasteiger partial charge is 0.394 e. The minimum atomic E-state index is -0.357. The number of hydrogen-bond donors (Lipinski definition) is 1. The predicted molar refractivity (Wildman–Crippen MR) is 109 cm³/mol. The number of nitriles is 1. The lowest BCUT2D eigenvalue weighted by Gasteiger charge is -2.51. The number of halogens is 1. The zero-order valence-corrected chi connectivity index (χ0v) is 16.2. The molecule has 1 N–H and O–H groups in total. The average molecular weight is 393 g/mol. The van der Waals surface area contributed by atoms with Crippen molar-refractivity contribution < 1.29 is 9.50 Å². The molecule has 0 bridgehead atoms. The van der Waals surface area contributed by atoms with Crippen molar-refractivity contribution in [2.45, 2.75) is 31.3 Å². The van der Waals surface area contributed by atoms with Gasteiger partial charge in [0.25, 0.3) is 0 Å². The fourth-order valence-corrected chi connectivity index (χ4v) is 4.79. The number of benzene rings is 2. The van der Waals surface area contributed by atoms with Crippen LogP contribution in [-0.2, 0) is 6.42 Å². The Morgan fingerprint density at radius 1 is 1.14 bits per heavy atom. The van der Waals surface area contributed by atoms with Crippen molar-refractivity contribution in [1.29, 1.82) is 5.26 Å². The van der Waals surface area contributed by atoms with Crippen molar-refractivity contribution in [2.24, 2.45) is 0 Å². The molecular formula is C22H20FN3OS. The molecule has 3 atom stereocenters. The van der Waals surface area contributed by atoms with E-state index in [1.807, 2.05) is 41.5 Å². The molecule has 3 aromatic rings. The monoisotopic (exact) mass is 393 g/mol. The number of thiazole rings is 1. The Kier molecular flexibility index (Phi) is 5.12. The number of aryl methyl sites for hydroxylation is 1. The molecule has 142 valence electrons. The molecule has 1 aliphatic heterocycles. The summed E-state index contributed by atoms with van der Waals surface area (Å²) in [7, 11) is 0. The maximum atomic E-state index is 13.1. The Morgan fingerprint density at radius 2 is 1.79 bits per heavy atom. The van der Waals surface area contributed by atoms with Gasteiger partial charge in [-0.3, -0.25) is 0 Å². The van der Waals surface area contributed by atoms with Crippen LogP contribution in [-0.4, -0.2) is 28.8 Å². The molecule has 28 heavy (non-hydrogen) atoms. The highest BCUT2D eigenvalue weighted by molar-refractivity contribution is 7.13. The number of rotatable bonds is 5. The molecule has 2 heterocycles. The summed E-state index contributed by atoms with van der Waals surface area (Å²) in [6.07, 6.45) is 0.847. The van der Waals surface area contributed by atoms with Crippen molar-refractivity contribution in [3.05, 3.63) is 71.0 Å². The Bertz CT molecular complexity index is 994. The lowest BCUT2D eigenvalue weighted by atomic mass is 9.76. The third-order valence-electron chi connectivity index (χ3n) is 5.33. The lowest BCUT2D eigenvalue weighted by molar-refractivity contribution is 0.187. The summed E-state index contributed by atoms with van der Waals surface area (Å²) in [6, 6.07) is 16.2. The first-order valence-electron chi connectivity index (χ1n) is 9.25. The Balaban J connectivity index is 1.59. The summed E-state index contributed by atoms with van der Waals surface area (Å²) in [6.45, 7) is 2.01. The van der Waals surface area contributed by atoms with Crippen LogP contribution in [0.15, 0.2) is 53.9 Å². The maximum Gasteiger partial charge on any atom is 0.186 e. The molecule has 6 heteroatoms. The first kappa shape index (κ1) is 18.6. The minimum absolute atomic E-state index is 0.0381. The molecule has 0 unspecified atom stereocenters. The van der Waals surface area contributed by atoms with E-state index in [1.54, 1.807) is 12.1 Å². The number of aliphatic hydroxyl groups excluding tert-OH is 1. The Labute approximate surface area is 167 Å². The first-order valence-corrected chi connectivity index (χ1v) is 10.1. The number of nitrogens with zero attached hydrogens (tertiary/aromatic N) is 3. The van der Waals surface area contributed by atoms with Crippen LogP contribution in [0.5, 0.6) is 0 Å². The maximum absolute atomic E-state index is 13.1. The van der Waals surface area contributed by atoms with Crippen molar-refractivity contribution in [3.63, 3.8) is 0 Å². The van der Waals surface area contributed by atoms with Gasteiger partial charge >= 0.3 is 0 Å². The molecular weight excluding hydrogens is 373 g/mol. The highest BCUT2D eigenvalue weighted by Crippen LogP contribution is 2.44. The SMILES string of the molecule is CCc1csc(N2[C@@H](C#N)[C@H](c3ccc(-c4ccc(F)cc4)cc3)[C@@H]2CO)n1. The highest BCUT2D eigenvalue weighted by Gasteiger charge is 2.50. The molecule has 1 saturated heterocycles. The fourth-order valence-electron chi connectivity index (χ4n) is 3.79. The van der Waals surface area contributed by atoms with Gasteiger partial charge in [-0.05, 0) is 35.2 Å². The summed E-state index contributed by atoms with van der Waals surface area (Å²) in [4.78, 5) is 6.52. The molecule has 1 aromatic heterocycles. The van der Waals surface area contributed by atoms with Crippen LogP contribution >= 0.6 is 11.3 Å². The van der Waals surface area contributed by atoms with Crippen LogP contribution in [0.1, 0.15) is 24.1 Å². The van der Waals surface area contributed by atoms with Gasteiger partial charge in [0, 0.05) is 11.3 Å². The number of aliphatic hydroxyl groups is 1. The van der Waals surface area contributed by atoms with Gasteiger partial charge in [0.1, 0.15) is 11.9 Å². The molecule has 0 aliphatic carbocycles. The molecule has 4 nitrogen and oxygen atoms in total. The normalized spacial score (nSPS) is 21.2. The van der Waals surface area contributed by atoms with E-state index in [0.717, 1.165) is 33.9 Å². The molecule has 0 amide bonds. The summed E-state index contributed by atoms with van der Waals surface area (Å²) in [5, 5.41) is 22.5. The lowest BCUT2D eigenvalue weighted by Crippen LogP contribution is -2.63. The minimum Gasteiger partial charge on any atom is -0.394 e. The van der Waals surface area contributed by atoms with Crippen LogP contribution in [0.3, 0.4) is 0 Å². The molecule has 0 radical (unpaired) electrons. The van der Waals surface area contributed by atoms with Crippen LogP contribution in [0.25, 0.3) is 11.1 Å². The van der Waals surface area contributed by atoms with Crippen LogP contribution in [0.2, 0.25) is 0 Å². The van der Waals surface area contributed by atoms with Crippen LogP contribution < -0.4 is 4.90 Å². The van der Waals surface area contributed by atoms with E-state index in [4.69, 9.17) is 0 Å². The summed E-state index contributed by atoms with van der Waals surface area (Å²) < 4.78 is 13.1. The van der Waals surface area contributed by atoms with Gasteiger partial charge in [-0.1, -0.05) is 43.3 Å². The second-order valence-corrected chi connectivity index (χ2v) is 7.70. The van der Waals surface area contributed by atoms with E-state index in [0.29, 0.717) is 0 Å². The van der Waals surface area contributed by atoms with E-state index in [-0.39, 0.29) is 30.4 Å². The summed E-state index contributed by atoms with van der Waals surface area (Å²) in [5.74, 6) is -0.336.